The van der Waals surface area contributed by atoms with E-state index in [1.54, 1.807) is 0 Å². The normalized spacial score (nSPS) is 17.8. The molecule has 0 bridgehead atoms. The van der Waals surface area contributed by atoms with Gasteiger partial charge in [0.05, 0.1) is 0 Å². The van der Waals surface area contributed by atoms with Crippen molar-refractivity contribution >= 4 is 0 Å². The molecular formula is C24H22. The lowest BCUT2D eigenvalue weighted by Gasteiger charge is -2.24. The van der Waals surface area contributed by atoms with Gasteiger partial charge >= 0.3 is 0 Å². The number of benzene rings is 3. The van der Waals surface area contributed by atoms with E-state index < -0.39 is 0 Å². The molecule has 2 aliphatic rings. The van der Waals surface area contributed by atoms with Gasteiger partial charge in [-0.3, -0.25) is 0 Å². The average Bonchev–Trinajstić information content (AvgIpc) is 2.96. The highest BCUT2D eigenvalue weighted by Crippen LogP contribution is 2.58. The highest BCUT2D eigenvalue weighted by molar-refractivity contribution is 5.98. The van der Waals surface area contributed by atoms with Gasteiger partial charge in [0.25, 0.3) is 0 Å². The third-order valence-corrected chi connectivity index (χ3v) is 6.29. The summed E-state index contributed by atoms with van der Waals surface area (Å²) in [5.74, 6) is 0. The topological polar surface area (TPSA) is 0 Å². The lowest BCUT2D eigenvalue weighted by Crippen LogP contribution is -2.17. The molecule has 0 nitrogen and oxygen atoms in total. The Bertz CT molecular complexity index is 920. The number of hydrogen-bond acceptors (Lipinski definition) is 0. The van der Waals surface area contributed by atoms with Crippen molar-refractivity contribution in [2.45, 2.75) is 38.5 Å². The summed E-state index contributed by atoms with van der Waals surface area (Å²) in [5, 5.41) is 0. The maximum atomic E-state index is 2.38. The highest BCUT2D eigenvalue weighted by Gasteiger charge is 2.43. The summed E-state index contributed by atoms with van der Waals surface area (Å²) in [5.41, 5.74) is 11.8. The van der Waals surface area contributed by atoms with Gasteiger partial charge in [-0.25, -0.2) is 0 Å². The van der Waals surface area contributed by atoms with Gasteiger partial charge in [0.1, 0.15) is 0 Å². The Morgan fingerprint density at radius 2 is 0.833 bits per heavy atom. The molecular weight excluding hydrogens is 288 g/mol. The molecule has 0 atom stereocenters. The summed E-state index contributed by atoms with van der Waals surface area (Å²) in [7, 11) is 0. The SMILES string of the molecule is CC1(C)c2ccccc2-c2c1ccc1c2-c2ccccc2C1(C)C. The first kappa shape index (κ1) is 14.0. The molecule has 0 radical (unpaired) electrons. The van der Waals surface area contributed by atoms with Gasteiger partial charge in [-0.15, -0.1) is 0 Å². The Morgan fingerprint density at radius 3 is 1.25 bits per heavy atom. The first-order valence-corrected chi connectivity index (χ1v) is 8.82. The lowest BCUT2D eigenvalue weighted by molar-refractivity contribution is 0.651. The van der Waals surface area contributed by atoms with Crippen molar-refractivity contribution in [3.63, 3.8) is 0 Å². The van der Waals surface area contributed by atoms with Gasteiger partial charge in [-0.1, -0.05) is 88.4 Å². The quantitative estimate of drug-likeness (QED) is 0.457. The van der Waals surface area contributed by atoms with Crippen molar-refractivity contribution in [2.24, 2.45) is 0 Å². The molecule has 5 rings (SSSR count). The van der Waals surface area contributed by atoms with Gasteiger partial charge in [0.2, 0.25) is 0 Å². The zero-order chi connectivity index (χ0) is 16.7. The molecule has 2 aliphatic carbocycles. The minimum Gasteiger partial charge on any atom is -0.0619 e. The van der Waals surface area contributed by atoms with Crippen LogP contribution in [0.2, 0.25) is 0 Å². The van der Waals surface area contributed by atoms with Crippen LogP contribution < -0.4 is 0 Å². The maximum absolute atomic E-state index is 2.38. The molecule has 0 heterocycles. The Hall–Kier alpha value is -2.34. The van der Waals surface area contributed by atoms with Gasteiger partial charge in [-0.2, -0.15) is 0 Å². The van der Waals surface area contributed by atoms with Crippen molar-refractivity contribution < 1.29 is 0 Å². The molecule has 0 unspecified atom stereocenters. The predicted octanol–water partition coefficient (Wildman–Crippen LogP) is 6.30. The molecule has 0 aromatic heterocycles. The number of fused-ring (bicyclic) bond motifs is 7. The van der Waals surface area contributed by atoms with Crippen LogP contribution >= 0.6 is 0 Å². The smallest absolute Gasteiger partial charge is 0.0159 e. The zero-order valence-electron chi connectivity index (χ0n) is 14.8. The second kappa shape index (κ2) is 4.19. The molecule has 0 spiro atoms. The highest BCUT2D eigenvalue weighted by atomic mass is 14.5. The summed E-state index contributed by atoms with van der Waals surface area (Å²) < 4.78 is 0. The molecule has 3 aromatic rings. The van der Waals surface area contributed by atoms with Crippen LogP contribution in [0, 0.1) is 0 Å². The van der Waals surface area contributed by atoms with E-state index in [1.165, 1.54) is 44.5 Å². The van der Waals surface area contributed by atoms with E-state index in [2.05, 4.69) is 88.4 Å². The maximum Gasteiger partial charge on any atom is 0.0159 e. The fourth-order valence-corrected chi connectivity index (χ4v) is 4.99. The molecule has 0 N–H and O–H groups in total. The van der Waals surface area contributed by atoms with Gasteiger partial charge in [0, 0.05) is 10.8 Å². The van der Waals surface area contributed by atoms with Crippen molar-refractivity contribution in [1.29, 1.82) is 0 Å². The van der Waals surface area contributed by atoms with Crippen LogP contribution in [-0.4, -0.2) is 0 Å². The second-order valence-electron chi connectivity index (χ2n) is 8.25. The Kier molecular flexibility index (Phi) is 2.45. The molecule has 0 aliphatic heterocycles. The van der Waals surface area contributed by atoms with E-state index in [4.69, 9.17) is 0 Å². The monoisotopic (exact) mass is 310 g/mol. The number of rotatable bonds is 0. The van der Waals surface area contributed by atoms with Crippen LogP contribution in [0.25, 0.3) is 22.3 Å². The van der Waals surface area contributed by atoms with Crippen LogP contribution in [0.4, 0.5) is 0 Å². The van der Waals surface area contributed by atoms with Gasteiger partial charge < -0.3 is 0 Å². The van der Waals surface area contributed by atoms with E-state index in [0.717, 1.165) is 0 Å². The van der Waals surface area contributed by atoms with E-state index >= 15 is 0 Å². The Labute approximate surface area is 144 Å². The van der Waals surface area contributed by atoms with Crippen molar-refractivity contribution in [1.82, 2.24) is 0 Å². The van der Waals surface area contributed by atoms with Crippen LogP contribution in [0.3, 0.4) is 0 Å². The summed E-state index contributed by atoms with van der Waals surface area (Å²) in [4.78, 5) is 0. The van der Waals surface area contributed by atoms with E-state index in [-0.39, 0.29) is 10.8 Å². The van der Waals surface area contributed by atoms with Crippen LogP contribution in [-0.2, 0) is 10.8 Å². The van der Waals surface area contributed by atoms with E-state index in [1.807, 2.05) is 0 Å². The summed E-state index contributed by atoms with van der Waals surface area (Å²) in [6.45, 7) is 9.43. The largest absolute Gasteiger partial charge is 0.0619 e. The van der Waals surface area contributed by atoms with Crippen molar-refractivity contribution in [3.8, 4) is 22.3 Å². The summed E-state index contributed by atoms with van der Waals surface area (Å²) >= 11 is 0. The summed E-state index contributed by atoms with van der Waals surface area (Å²) in [6.07, 6.45) is 0. The molecule has 0 heteroatoms. The van der Waals surface area contributed by atoms with Crippen LogP contribution in [0.1, 0.15) is 49.9 Å². The molecule has 118 valence electrons. The fourth-order valence-electron chi connectivity index (χ4n) is 4.99. The van der Waals surface area contributed by atoms with E-state index in [0.29, 0.717) is 0 Å². The third kappa shape index (κ3) is 1.45. The second-order valence-corrected chi connectivity index (χ2v) is 8.25. The van der Waals surface area contributed by atoms with Crippen molar-refractivity contribution in [2.75, 3.05) is 0 Å². The first-order chi connectivity index (χ1) is 11.4. The summed E-state index contributed by atoms with van der Waals surface area (Å²) in [6, 6.07) is 22.7. The molecule has 3 aromatic carbocycles. The predicted molar refractivity (Wildman–Crippen MR) is 102 cm³/mol. The molecule has 0 saturated carbocycles. The fraction of sp³-hybridized carbons (Fsp3) is 0.250. The van der Waals surface area contributed by atoms with E-state index in [9.17, 15) is 0 Å². The minimum atomic E-state index is 0.0721. The minimum absolute atomic E-state index is 0.0721. The van der Waals surface area contributed by atoms with Crippen LogP contribution in [0.15, 0.2) is 60.7 Å². The Morgan fingerprint density at radius 1 is 0.458 bits per heavy atom. The first-order valence-electron chi connectivity index (χ1n) is 8.82. The zero-order valence-corrected chi connectivity index (χ0v) is 14.8. The molecule has 24 heavy (non-hydrogen) atoms. The van der Waals surface area contributed by atoms with Crippen molar-refractivity contribution in [3.05, 3.63) is 82.9 Å². The standard InChI is InChI=1S/C24H22/c1-23(2)17-11-7-5-9-15(17)21-19(23)13-14-20-22(21)16-10-6-8-12-18(16)24(20,3)4/h5-14H,1-4H3. The Balaban J connectivity index is 1.97. The third-order valence-electron chi connectivity index (χ3n) is 6.29. The average molecular weight is 310 g/mol. The molecule has 0 saturated heterocycles. The molecule has 0 amide bonds. The lowest BCUT2D eigenvalue weighted by atomic mass is 9.79. The number of hydrogen-bond donors (Lipinski definition) is 0. The van der Waals surface area contributed by atoms with Gasteiger partial charge in [-0.05, 0) is 44.5 Å². The molecule has 0 fully saturated rings. The van der Waals surface area contributed by atoms with Gasteiger partial charge in [0.15, 0.2) is 0 Å². The van der Waals surface area contributed by atoms with Crippen LogP contribution in [0.5, 0.6) is 0 Å².